The summed E-state index contributed by atoms with van der Waals surface area (Å²) >= 11 is 0. The molecule has 0 atom stereocenters. The van der Waals surface area contributed by atoms with E-state index in [1.165, 1.54) is 0 Å². The number of amides is 1. The van der Waals surface area contributed by atoms with Crippen molar-refractivity contribution in [3.8, 4) is 0 Å². The van der Waals surface area contributed by atoms with E-state index in [2.05, 4.69) is 24.4 Å². The average Bonchev–Trinajstić information content (AvgIpc) is 2.60. The molecule has 2 aromatic rings. The van der Waals surface area contributed by atoms with E-state index in [4.69, 9.17) is 0 Å². The Kier molecular flexibility index (Phi) is 5.31. The molecule has 2 aromatic carbocycles. The Balaban J connectivity index is 1.83. The summed E-state index contributed by atoms with van der Waals surface area (Å²) in [6.07, 6.45) is 1.61. The van der Waals surface area contributed by atoms with Crippen molar-refractivity contribution in [1.82, 2.24) is 5.43 Å². The van der Waals surface area contributed by atoms with Gasteiger partial charge in [-0.2, -0.15) is 5.10 Å². The number of benzene rings is 2. The van der Waals surface area contributed by atoms with Gasteiger partial charge in [-0.1, -0.05) is 74.5 Å². The molecule has 1 aliphatic carbocycles. The number of nitrogens with one attached hydrogen (secondary N) is 1. The van der Waals surface area contributed by atoms with Crippen LogP contribution in [0.4, 0.5) is 0 Å². The molecule has 1 N–H and O–H groups in total. The zero-order valence-corrected chi connectivity index (χ0v) is 15.2. The smallest absolute Gasteiger partial charge is 0.252 e. The molecule has 4 nitrogen and oxygen atoms in total. The molecule has 0 saturated heterocycles. The van der Waals surface area contributed by atoms with E-state index in [1.54, 1.807) is 0 Å². The van der Waals surface area contributed by atoms with Gasteiger partial charge in [-0.05, 0) is 23.0 Å². The van der Waals surface area contributed by atoms with Crippen LogP contribution in [0.3, 0.4) is 0 Å². The van der Waals surface area contributed by atoms with Gasteiger partial charge in [0.2, 0.25) is 0 Å². The summed E-state index contributed by atoms with van der Waals surface area (Å²) < 4.78 is 0. The normalized spacial score (nSPS) is 18.1. The van der Waals surface area contributed by atoms with Crippen molar-refractivity contribution in [3.63, 3.8) is 0 Å². The Hall–Kier alpha value is -2.75. The fraction of sp³-hybridized carbons (Fsp3) is 0.318. The van der Waals surface area contributed by atoms with Gasteiger partial charge >= 0.3 is 0 Å². The number of nitrogens with zero attached hydrogens (tertiary/aromatic N) is 1. The van der Waals surface area contributed by atoms with Crippen molar-refractivity contribution in [2.75, 3.05) is 0 Å². The largest absolute Gasteiger partial charge is 0.299 e. The molecule has 1 saturated carbocycles. The third kappa shape index (κ3) is 4.45. The van der Waals surface area contributed by atoms with E-state index < -0.39 is 5.92 Å². The van der Waals surface area contributed by atoms with Crippen LogP contribution in [0.5, 0.6) is 0 Å². The van der Waals surface area contributed by atoms with Gasteiger partial charge in [0.25, 0.3) is 5.91 Å². The Morgan fingerprint density at radius 2 is 1.50 bits per heavy atom. The second kappa shape index (κ2) is 7.65. The maximum absolute atomic E-state index is 12.9. The summed E-state index contributed by atoms with van der Waals surface area (Å²) in [6, 6.07) is 19.3. The van der Waals surface area contributed by atoms with Crippen LogP contribution in [0, 0.1) is 5.41 Å². The number of rotatable bonds is 4. The van der Waals surface area contributed by atoms with Crippen molar-refractivity contribution < 1.29 is 9.59 Å². The third-order valence-corrected chi connectivity index (χ3v) is 4.61. The molecule has 0 unspecified atom stereocenters. The fourth-order valence-corrected chi connectivity index (χ4v) is 3.57. The highest BCUT2D eigenvalue weighted by molar-refractivity contribution is 6.05. The van der Waals surface area contributed by atoms with Gasteiger partial charge in [0.05, 0.1) is 5.92 Å². The van der Waals surface area contributed by atoms with Crippen LogP contribution in [-0.4, -0.2) is 17.4 Å². The molecule has 3 rings (SSSR count). The Bertz CT molecular complexity index is 771. The molecule has 0 aliphatic heterocycles. The minimum Gasteiger partial charge on any atom is -0.299 e. The number of Topliss-reactive ketones (excluding diaryl/α,β-unsaturated/α-hetero) is 1. The number of carbonyl (C=O) groups excluding carboxylic acids is 2. The van der Waals surface area contributed by atoms with Gasteiger partial charge in [0.1, 0.15) is 5.78 Å². The van der Waals surface area contributed by atoms with Gasteiger partial charge in [0, 0.05) is 18.6 Å². The van der Waals surface area contributed by atoms with Crippen molar-refractivity contribution >= 4 is 17.4 Å². The van der Waals surface area contributed by atoms with Crippen LogP contribution in [0.1, 0.15) is 50.2 Å². The number of hydrogen-bond donors (Lipinski definition) is 1. The van der Waals surface area contributed by atoms with Crippen molar-refractivity contribution in [3.05, 3.63) is 71.8 Å². The van der Waals surface area contributed by atoms with Gasteiger partial charge in [0.15, 0.2) is 0 Å². The Labute approximate surface area is 154 Å². The quantitative estimate of drug-likeness (QED) is 0.847. The zero-order chi connectivity index (χ0) is 18.6. The van der Waals surface area contributed by atoms with E-state index in [0.29, 0.717) is 12.8 Å². The van der Waals surface area contributed by atoms with Crippen LogP contribution in [-0.2, 0) is 9.59 Å². The van der Waals surface area contributed by atoms with Crippen molar-refractivity contribution in [2.45, 2.75) is 39.0 Å². The second-order valence-electron chi connectivity index (χ2n) is 7.64. The lowest BCUT2D eigenvalue weighted by molar-refractivity contribution is -0.122. The van der Waals surface area contributed by atoms with Crippen LogP contribution in [0.15, 0.2) is 65.8 Å². The fourth-order valence-electron chi connectivity index (χ4n) is 3.57. The van der Waals surface area contributed by atoms with Crippen LogP contribution < -0.4 is 5.43 Å². The van der Waals surface area contributed by atoms with E-state index in [9.17, 15) is 9.59 Å². The maximum atomic E-state index is 12.9. The number of hydrogen-bond acceptors (Lipinski definition) is 3. The molecule has 0 aromatic heterocycles. The summed E-state index contributed by atoms with van der Waals surface area (Å²) in [5.74, 6) is -0.448. The summed E-state index contributed by atoms with van der Waals surface area (Å²) in [5.41, 5.74) is 5.18. The minimum absolute atomic E-state index is 0.100. The highest BCUT2D eigenvalue weighted by Gasteiger charge is 2.31. The highest BCUT2D eigenvalue weighted by Crippen LogP contribution is 2.31. The number of carbonyl (C=O) groups is 2. The third-order valence-electron chi connectivity index (χ3n) is 4.61. The lowest BCUT2D eigenvalue weighted by Crippen LogP contribution is -2.32. The first-order chi connectivity index (χ1) is 12.4. The molecular formula is C22H24N2O2. The summed E-state index contributed by atoms with van der Waals surface area (Å²) in [7, 11) is 0. The first-order valence-electron chi connectivity index (χ1n) is 8.91. The molecule has 26 heavy (non-hydrogen) atoms. The van der Waals surface area contributed by atoms with Crippen LogP contribution in [0.25, 0.3) is 0 Å². The van der Waals surface area contributed by atoms with Gasteiger partial charge in [-0.25, -0.2) is 5.43 Å². The van der Waals surface area contributed by atoms with Gasteiger partial charge in [-0.3, -0.25) is 9.59 Å². The summed E-state index contributed by atoms with van der Waals surface area (Å²) in [5, 5.41) is 4.30. The maximum Gasteiger partial charge on any atom is 0.252 e. The molecular weight excluding hydrogens is 324 g/mol. The first-order valence-corrected chi connectivity index (χ1v) is 8.91. The van der Waals surface area contributed by atoms with Crippen LogP contribution >= 0.6 is 0 Å². The molecule has 0 radical (unpaired) electrons. The summed E-state index contributed by atoms with van der Waals surface area (Å²) in [6.45, 7) is 4.11. The molecule has 0 spiro atoms. The molecule has 4 heteroatoms. The van der Waals surface area contributed by atoms with E-state index in [1.807, 2.05) is 60.7 Å². The van der Waals surface area contributed by atoms with Crippen molar-refractivity contribution in [1.29, 1.82) is 0 Å². The molecule has 134 valence electrons. The van der Waals surface area contributed by atoms with Crippen LogP contribution in [0.2, 0.25) is 0 Å². The lowest BCUT2D eigenvalue weighted by Gasteiger charge is -2.29. The lowest BCUT2D eigenvalue weighted by atomic mass is 9.76. The SMILES string of the molecule is CC1(C)CC(=O)C/C(=N\NC(=O)C(c2ccccc2)c2ccccc2)C1. The molecule has 1 amide bonds. The van der Waals surface area contributed by atoms with Gasteiger partial charge < -0.3 is 0 Å². The Morgan fingerprint density at radius 3 is 2.00 bits per heavy atom. The standard InChI is InChI=1S/C22H24N2O2/c1-22(2)14-18(13-19(25)15-22)23-24-21(26)20(16-9-5-3-6-10-16)17-11-7-4-8-12-17/h3-12,20H,13-15H2,1-2H3,(H,24,26)/b23-18+. The molecule has 0 heterocycles. The predicted molar refractivity (Wildman–Crippen MR) is 103 cm³/mol. The van der Waals surface area contributed by atoms with E-state index in [0.717, 1.165) is 23.3 Å². The van der Waals surface area contributed by atoms with Gasteiger partial charge in [-0.15, -0.1) is 0 Å². The monoisotopic (exact) mass is 348 g/mol. The topological polar surface area (TPSA) is 58.5 Å². The zero-order valence-electron chi connectivity index (χ0n) is 15.2. The average molecular weight is 348 g/mol. The van der Waals surface area contributed by atoms with Crippen molar-refractivity contribution in [2.24, 2.45) is 10.5 Å². The summed E-state index contributed by atoms with van der Waals surface area (Å²) in [4.78, 5) is 24.8. The molecule has 1 fully saturated rings. The number of hydrazone groups is 1. The number of ketones is 1. The Morgan fingerprint density at radius 1 is 0.962 bits per heavy atom. The second-order valence-corrected chi connectivity index (χ2v) is 7.64. The molecule has 1 aliphatic rings. The minimum atomic E-state index is -0.436. The molecule has 0 bridgehead atoms. The van der Waals surface area contributed by atoms with E-state index in [-0.39, 0.29) is 17.1 Å². The van der Waals surface area contributed by atoms with E-state index >= 15 is 0 Å². The predicted octanol–water partition coefficient (Wildman–Crippen LogP) is 4.07. The highest BCUT2D eigenvalue weighted by atomic mass is 16.2. The first kappa shape index (κ1) is 18.1.